The van der Waals surface area contributed by atoms with E-state index in [2.05, 4.69) is 26.2 Å². The van der Waals surface area contributed by atoms with Gasteiger partial charge in [-0.3, -0.25) is 0 Å². The van der Waals surface area contributed by atoms with E-state index in [4.69, 9.17) is 5.11 Å². The Kier molecular flexibility index (Phi) is 3.26. The van der Waals surface area contributed by atoms with Crippen molar-refractivity contribution in [1.29, 1.82) is 0 Å². The number of carboxylic acid groups (broad SMARTS) is 1. The van der Waals surface area contributed by atoms with Gasteiger partial charge in [-0.05, 0) is 0 Å². The Hall–Kier alpha value is -0.833. The van der Waals surface area contributed by atoms with E-state index in [1.807, 2.05) is 5.70 Å². The third-order valence-corrected chi connectivity index (χ3v) is 2.23. The van der Waals surface area contributed by atoms with E-state index in [0.29, 0.717) is 5.57 Å². The van der Waals surface area contributed by atoms with E-state index in [1.165, 1.54) is 6.08 Å². The lowest BCUT2D eigenvalue weighted by molar-refractivity contribution is -0.132. The molecule has 0 amide bonds. The quantitative estimate of drug-likeness (QED) is 0.400. The summed E-state index contributed by atoms with van der Waals surface area (Å²) in [5.74, 6) is -0.887. The number of hydrogen-bond acceptors (Lipinski definition) is 1. The summed E-state index contributed by atoms with van der Waals surface area (Å²) < 4.78 is 0. The van der Waals surface area contributed by atoms with Gasteiger partial charge in [0.25, 0.3) is 0 Å². The van der Waals surface area contributed by atoms with Crippen LogP contribution in [0, 0.1) is 0 Å². The molecule has 0 radical (unpaired) electrons. The van der Waals surface area contributed by atoms with E-state index in [-0.39, 0.29) is 0 Å². The van der Waals surface area contributed by atoms with Gasteiger partial charge < -0.3 is 5.11 Å². The molecule has 0 bridgehead atoms. The maximum absolute atomic E-state index is 10.5. The predicted molar refractivity (Wildman–Crippen MR) is 49.3 cm³/mol. The molecule has 11 heavy (non-hydrogen) atoms. The van der Waals surface area contributed by atoms with Crippen molar-refractivity contribution in [3.63, 3.8) is 0 Å². The van der Waals surface area contributed by atoms with Crippen molar-refractivity contribution in [2.24, 2.45) is 0 Å². The van der Waals surface area contributed by atoms with Crippen LogP contribution in [0.5, 0.6) is 0 Å². The van der Waals surface area contributed by atoms with E-state index in [9.17, 15) is 4.79 Å². The van der Waals surface area contributed by atoms with Crippen LogP contribution in [0.3, 0.4) is 0 Å². The van der Waals surface area contributed by atoms with Gasteiger partial charge in [-0.15, -0.1) is 0 Å². The highest BCUT2D eigenvalue weighted by atomic mass is 28.3. The smallest absolute Gasteiger partial charge is 0.334 e. The molecule has 62 valence electrons. The minimum Gasteiger partial charge on any atom is -0.478 e. The third kappa shape index (κ3) is 4.56. The highest BCUT2D eigenvalue weighted by Crippen LogP contribution is 2.07. The Morgan fingerprint density at radius 1 is 1.45 bits per heavy atom. The Bertz CT molecular complexity index is 199. The van der Waals surface area contributed by atoms with Crippen LogP contribution in [0.2, 0.25) is 19.6 Å². The van der Waals surface area contributed by atoms with E-state index in [1.54, 1.807) is 0 Å². The average molecular weight is 170 g/mol. The predicted octanol–water partition coefficient (Wildman–Crippen LogP) is 2.06. The van der Waals surface area contributed by atoms with Gasteiger partial charge in [0, 0.05) is 0 Å². The van der Waals surface area contributed by atoms with Crippen LogP contribution < -0.4 is 0 Å². The molecule has 0 aromatic carbocycles. The fourth-order valence-electron chi connectivity index (χ4n) is 0.674. The van der Waals surface area contributed by atoms with Crippen LogP contribution in [-0.4, -0.2) is 19.1 Å². The molecule has 0 spiro atoms. The molecule has 0 saturated carbocycles. The lowest BCUT2D eigenvalue weighted by atomic mass is 10.3. The molecule has 0 atom stereocenters. The van der Waals surface area contributed by atoms with E-state index >= 15 is 0 Å². The van der Waals surface area contributed by atoms with Crippen molar-refractivity contribution in [1.82, 2.24) is 0 Å². The molecule has 0 saturated heterocycles. The fourth-order valence-corrected chi connectivity index (χ4v) is 1.85. The van der Waals surface area contributed by atoms with Crippen LogP contribution in [0.25, 0.3) is 0 Å². The van der Waals surface area contributed by atoms with E-state index in [0.717, 1.165) is 0 Å². The first-order valence-electron chi connectivity index (χ1n) is 3.45. The number of carboxylic acids is 1. The minimum absolute atomic E-state index is 0.323. The highest BCUT2D eigenvalue weighted by molar-refractivity contribution is 6.81. The third-order valence-electron chi connectivity index (χ3n) is 1.06. The normalized spacial score (nSPS) is 12.8. The Morgan fingerprint density at radius 2 is 1.91 bits per heavy atom. The van der Waals surface area contributed by atoms with Gasteiger partial charge in [0.15, 0.2) is 0 Å². The second-order valence-electron chi connectivity index (χ2n) is 3.47. The maximum Gasteiger partial charge on any atom is 0.334 e. The highest BCUT2D eigenvalue weighted by Gasteiger charge is 2.12. The van der Waals surface area contributed by atoms with Gasteiger partial charge >= 0.3 is 5.97 Å². The number of hydrogen-bond donors (Lipinski definition) is 1. The number of aliphatic carboxylic acids is 1. The van der Waals surface area contributed by atoms with Gasteiger partial charge in [0.2, 0.25) is 0 Å². The van der Waals surface area contributed by atoms with Crippen molar-refractivity contribution in [2.45, 2.75) is 19.6 Å². The fraction of sp³-hybridized carbons (Fsp3) is 0.375. The Labute approximate surface area is 68.3 Å². The summed E-state index contributed by atoms with van der Waals surface area (Å²) in [5, 5.41) is 8.62. The van der Waals surface area contributed by atoms with Crippen LogP contribution in [0.4, 0.5) is 0 Å². The summed E-state index contributed by atoms with van der Waals surface area (Å²) in [6.07, 6.45) is 1.39. The molecule has 0 unspecified atom stereocenters. The van der Waals surface area contributed by atoms with Gasteiger partial charge in [0.1, 0.15) is 0 Å². The zero-order chi connectivity index (χ0) is 9.07. The number of carbonyl (C=O) groups is 1. The molecular formula is C8H14O2Si. The second kappa shape index (κ2) is 3.53. The zero-order valence-electron chi connectivity index (χ0n) is 7.22. The lowest BCUT2D eigenvalue weighted by Gasteiger charge is -2.09. The summed E-state index contributed by atoms with van der Waals surface area (Å²) in [5.41, 5.74) is 2.15. The Balaban J connectivity index is 4.63. The summed E-state index contributed by atoms with van der Waals surface area (Å²) in [4.78, 5) is 10.5. The second-order valence-corrected chi connectivity index (χ2v) is 8.50. The maximum atomic E-state index is 10.5. The average Bonchev–Trinajstić information content (AvgIpc) is 1.80. The summed E-state index contributed by atoms with van der Waals surface area (Å²) >= 11 is 0. The molecule has 1 N–H and O–H groups in total. The first kappa shape index (κ1) is 10.2. The zero-order valence-corrected chi connectivity index (χ0v) is 8.22. The largest absolute Gasteiger partial charge is 0.478 e. The molecule has 0 aliphatic heterocycles. The van der Waals surface area contributed by atoms with Gasteiger partial charge in [-0.25, -0.2) is 4.79 Å². The SMILES string of the molecule is C=C/C(=C\[Si](C)(C)C)C(=O)O. The van der Waals surface area contributed by atoms with Crippen molar-refractivity contribution in [3.05, 3.63) is 23.9 Å². The van der Waals surface area contributed by atoms with Crippen molar-refractivity contribution in [2.75, 3.05) is 0 Å². The molecule has 0 aromatic rings. The molecule has 3 heteroatoms. The summed E-state index contributed by atoms with van der Waals surface area (Å²) in [6, 6.07) is 0. The minimum atomic E-state index is -1.42. The first-order chi connectivity index (χ1) is 4.87. The van der Waals surface area contributed by atoms with Crippen LogP contribution in [-0.2, 0) is 4.79 Å². The molecule has 0 aromatic heterocycles. The van der Waals surface area contributed by atoms with Gasteiger partial charge in [-0.1, -0.05) is 38.0 Å². The Morgan fingerprint density at radius 3 is 2.00 bits per heavy atom. The van der Waals surface area contributed by atoms with Crippen molar-refractivity contribution < 1.29 is 9.90 Å². The van der Waals surface area contributed by atoms with Crippen LogP contribution in [0.15, 0.2) is 23.9 Å². The van der Waals surface area contributed by atoms with Crippen LogP contribution in [0.1, 0.15) is 0 Å². The van der Waals surface area contributed by atoms with Gasteiger partial charge in [-0.2, -0.15) is 0 Å². The summed E-state index contributed by atoms with van der Waals surface area (Å²) in [6.45, 7) is 9.69. The van der Waals surface area contributed by atoms with Gasteiger partial charge in [0.05, 0.1) is 13.6 Å². The molecule has 0 rings (SSSR count). The lowest BCUT2D eigenvalue weighted by Crippen LogP contribution is -2.18. The van der Waals surface area contributed by atoms with Crippen molar-refractivity contribution >= 4 is 14.0 Å². The molecule has 0 aliphatic carbocycles. The molecule has 0 aliphatic rings. The summed E-state index contributed by atoms with van der Waals surface area (Å²) in [7, 11) is -1.42. The van der Waals surface area contributed by atoms with Crippen molar-refractivity contribution in [3.8, 4) is 0 Å². The number of rotatable bonds is 3. The topological polar surface area (TPSA) is 37.3 Å². The molecular weight excluding hydrogens is 156 g/mol. The first-order valence-corrected chi connectivity index (χ1v) is 7.03. The molecule has 2 nitrogen and oxygen atoms in total. The molecule has 0 heterocycles. The van der Waals surface area contributed by atoms with E-state index < -0.39 is 14.0 Å². The standard InChI is InChI=1S/C8H14O2Si/c1-5-7(8(9)10)6-11(2,3)4/h5-6H,1H2,2-4H3,(H,9,10)/b7-6+. The molecule has 0 fully saturated rings. The monoisotopic (exact) mass is 170 g/mol. The van der Waals surface area contributed by atoms with Crippen LogP contribution >= 0.6 is 0 Å².